The van der Waals surface area contributed by atoms with E-state index in [-0.39, 0.29) is 28.8 Å². The van der Waals surface area contributed by atoms with Gasteiger partial charge in [-0.2, -0.15) is 0 Å². The molecular weight excluding hydrogens is 592 g/mol. The van der Waals surface area contributed by atoms with Crippen LogP contribution < -0.4 is 4.72 Å². The molecule has 2 heterocycles. The van der Waals surface area contributed by atoms with E-state index >= 15 is 8.78 Å². The van der Waals surface area contributed by atoms with Gasteiger partial charge in [0.25, 0.3) is 0 Å². The van der Waals surface area contributed by atoms with Crippen molar-refractivity contribution in [2.75, 3.05) is 10.5 Å². The fraction of sp³-hybridized carbons (Fsp3) is 0.276. The first-order chi connectivity index (χ1) is 19.8. The number of hydrogen-bond donors (Lipinski definition) is 1. The maximum absolute atomic E-state index is 15.6. The zero-order valence-electron chi connectivity index (χ0n) is 23.2. The zero-order valence-corrected chi connectivity index (χ0v) is 24.7. The van der Waals surface area contributed by atoms with Crippen LogP contribution in [0.15, 0.2) is 54.9 Å². The predicted molar refractivity (Wildman–Crippen MR) is 155 cm³/mol. The average molecular weight is 620 g/mol. The number of carbonyl (C=O) groups is 2. The first kappa shape index (κ1) is 30.9. The monoisotopic (exact) mass is 619 g/mol. The Labute approximate surface area is 246 Å². The molecule has 42 heavy (non-hydrogen) atoms. The minimum Gasteiger partial charge on any atom is -0.432 e. The van der Waals surface area contributed by atoms with E-state index in [1.165, 1.54) is 23.9 Å². The predicted octanol–water partition coefficient (Wildman–Crippen LogP) is 7.10. The third kappa shape index (κ3) is 6.71. The summed E-state index contributed by atoms with van der Waals surface area (Å²) < 4.78 is 68.9. The number of halogens is 3. The molecule has 0 radical (unpaired) electrons. The van der Waals surface area contributed by atoms with Crippen LogP contribution in [-0.2, 0) is 19.5 Å². The molecule has 0 aliphatic heterocycles. The summed E-state index contributed by atoms with van der Waals surface area (Å²) in [5.74, 6) is -3.93. The number of pyridine rings is 1. The lowest BCUT2D eigenvalue weighted by Gasteiger charge is -2.16. The van der Waals surface area contributed by atoms with Crippen molar-refractivity contribution in [3.8, 4) is 11.1 Å². The molecule has 0 saturated heterocycles. The summed E-state index contributed by atoms with van der Waals surface area (Å²) in [5, 5.41) is 0.713. The molecule has 0 bridgehead atoms. The molecular formula is C29H28ClF2N3O6S. The topological polar surface area (TPSA) is 117 Å². The van der Waals surface area contributed by atoms with E-state index in [1.54, 1.807) is 51.1 Å². The highest BCUT2D eigenvalue weighted by molar-refractivity contribution is 7.92. The molecule has 4 aromatic rings. The van der Waals surface area contributed by atoms with Gasteiger partial charge in [-0.05, 0) is 63.1 Å². The second-order valence-corrected chi connectivity index (χ2v) is 12.0. The smallest absolute Gasteiger partial charge is 0.432 e. The lowest BCUT2D eigenvalue weighted by molar-refractivity contribution is -0.00865. The maximum atomic E-state index is 15.6. The summed E-state index contributed by atoms with van der Waals surface area (Å²) in [7, 11) is -3.94. The fourth-order valence-corrected chi connectivity index (χ4v) is 5.53. The van der Waals surface area contributed by atoms with Gasteiger partial charge in [-0.15, -0.1) is 0 Å². The van der Waals surface area contributed by atoms with Crippen molar-refractivity contribution < 1.29 is 36.3 Å². The third-order valence-electron chi connectivity index (χ3n) is 6.14. The van der Waals surface area contributed by atoms with E-state index in [2.05, 4.69) is 9.71 Å². The van der Waals surface area contributed by atoms with Crippen LogP contribution in [0.25, 0.3) is 22.2 Å². The number of benzene rings is 2. The van der Waals surface area contributed by atoms with Crippen LogP contribution in [0.2, 0.25) is 5.02 Å². The quantitative estimate of drug-likeness (QED) is 0.149. The number of hydrogen-bond acceptors (Lipinski definition) is 7. The maximum Gasteiger partial charge on any atom is 0.510 e. The highest BCUT2D eigenvalue weighted by Gasteiger charge is 2.28. The molecule has 13 heteroatoms. The number of sulfonamides is 1. The van der Waals surface area contributed by atoms with Crippen molar-refractivity contribution in [3.63, 3.8) is 0 Å². The Morgan fingerprint density at radius 2 is 1.74 bits per heavy atom. The standard InChI is InChI=1S/C29H28ClF2N3O6S/c1-5-12-42(38,39)34-24-11-10-23(31)25(26(24)32)27(36)22-15-35(17(4)41-29(37)40-16(2)3)28-21(22)13-19(14-33-28)18-6-8-20(30)9-7-18/h6-11,13-17,34H,5,12H2,1-4H3. The molecule has 2 aromatic heterocycles. The van der Waals surface area contributed by atoms with Gasteiger partial charge in [0.1, 0.15) is 11.5 Å². The van der Waals surface area contributed by atoms with Crippen LogP contribution in [0, 0.1) is 11.6 Å². The van der Waals surface area contributed by atoms with E-state index in [0.717, 1.165) is 12.1 Å². The number of ether oxygens (including phenoxy) is 2. The summed E-state index contributed by atoms with van der Waals surface area (Å²) in [5.41, 5.74) is -0.232. The Balaban J connectivity index is 1.86. The van der Waals surface area contributed by atoms with Crippen LogP contribution in [0.1, 0.15) is 56.3 Å². The van der Waals surface area contributed by atoms with Crippen LogP contribution in [0.3, 0.4) is 0 Å². The summed E-state index contributed by atoms with van der Waals surface area (Å²) >= 11 is 6.01. The van der Waals surface area contributed by atoms with Crippen molar-refractivity contribution in [1.82, 2.24) is 9.55 Å². The first-order valence-corrected chi connectivity index (χ1v) is 15.0. The largest absolute Gasteiger partial charge is 0.510 e. The molecule has 0 spiro atoms. The van der Waals surface area contributed by atoms with Crippen LogP contribution in [0.5, 0.6) is 0 Å². The molecule has 0 aliphatic carbocycles. The van der Waals surface area contributed by atoms with Gasteiger partial charge in [0.2, 0.25) is 15.8 Å². The minimum absolute atomic E-state index is 0.160. The molecule has 2 aromatic carbocycles. The SMILES string of the molecule is CCCS(=O)(=O)Nc1ccc(F)c(C(=O)c2cn(C(C)OC(=O)OC(C)C)c3ncc(-c4ccc(Cl)cc4)cc23)c1F. The molecule has 222 valence electrons. The van der Waals surface area contributed by atoms with Crippen molar-refractivity contribution >= 4 is 50.3 Å². The van der Waals surface area contributed by atoms with E-state index < -0.39 is 57.2 Å². The number of anilines is 1. The Bertz CT molecular complexity index is 1760. The normalized spacial score (nSPS) is 12.4. The summed E-state index contributed by atoms with van der Waals surface area (Å²) in [6.45, 7) is 6.43. The van der Waals surface area contributed by atoms with Gasteiger partial charge in [0.05, 0.1) is 28.7 Å². The molecule has 0 aliphatic rings. The lowest BCUT2D eigenvalue weighted by Crippen LogP contribution is -2.19. The van der Waals surface area contributed by atoms with Crippen molar-refractivity contribution in [1.29, 1.82) is 0 Å². The number of fused-ring (bicyclic) bond motifs is 1. The fourth-order valence-electron chi connectivity index (χ4n) is 4.27. The first-order valence-electron chi connectivity index (χ1n) is 13.0. The molecule has 1 unspecified atom stereocenters. The summed E-state index contributed by atoms with van der Waals surface area (Å²) in [6.07, 6.45) is 0.615. The molecule has 0 amide bonds. The number of aromatic nitrogens is 2. The van der Waals surface area contributed by atoms with E-state index in [9.17, 15) is 18.0 Å². The third-order valence-corrected chi connectivity index (χ3v) is 7.87. The number of ketones is 1. The zero-order chi connectivity index (χ0) is 30.8. The number of rotatable bonds is 10. The molecule has 4 rings (SSSR count). The summed E-state index contributed by atoms with van der Waals surface area (Å²) in [6, 6.07) is 10.1. The van der Waals surface area contributed by atoms with Crippen LogP contribution in [0.4, 0.5) is 19.3 Å². The van der Waals surface area contributed by atoms with Crippen molar-refractivity contribution in [3.05, 3.63) is 82.6 Å². The lowest BCUT2D eigenvalue weighted by atomic mass is 10.00. The molecule has 9 nitrogen and oxygen atoms in total. The van der Waals surface area contributed by atoms with Crippen LogP contribution in [-0.4, -0.2) is 41.8 Å². The van der Waals surface area contributed by atoms with Gasteiger partial charge in [-0.3, -0.25) is 14.1 Å². The van der Waals surface area contributed by atoms with Gasteiger partial charge in [-0.25, -0.2) is 27.0 Å². The van der Waals surface area contributed by atoms with E-state index in [1.807, 2.05) is 0 Å². The Hall–Kier alpha value is -4.03. The highest BCUT2D eigenvalue weighted by atomic mass is 35.5. The van der Waals surface area contributed by atoms with Gasteiger partial charge in [0.15, 0.2) is 12.0 Å². The van der Waals surface area contributed by atoms with E-state index in [4.69, 9.17) is 21.1 Å². The van der Waals surface area contributed by atoms with Gasteiger partial charge in [-0.1, -0.05) is 30.7 Å². The second kappa shape index (κ2) is 12.5. The van der Waals surface area contributed by atoms with Crippen molar-refractivity contribution in [2.24, 2.45) is 0 Å². The molecule has 0 saturated carbocycles. The Morgan fingerprint density at radius 1 is 1.05 bits per heavy atom. The average Bonchev–Trinajstić information content (AvgIpc) is 3.29. The number of nitrogens with zero attached hydrogens (tertiary/aromatic N) is 2. The number of nitrogens with one attached hydrogen (secondary N) is 1. The minimum atomic E-state index is -3.94. The van der Waals surface area contributed by atoms with Gasteiger partial charge < -0.3 is 9.47 Å². The highest BCUT2D eigenvalue weighted by Crippen LogP contribution is 2.33. The Kier molecular flexibility index (Phi) is 9.17. The van der Waals surface area contributed by atoms with Gasteiger partial charge in [0, 0.05) is 28.4 Å². The Morgan fingerprint density at radius 3 is 2.38 bits per heavy atom. The second-order valence-electron chi connectivity index (χ2n) is 9.72. The number of carbonyl (C=O) groups excluding carboxylic acids is 2. The molecule has 1 atom stereocenters. The van der Waals surface area contributed by atoms with E-state index in [0.29, 0.717) is 16.1 Å². The van der Waals surface area contributed by atoms with Gasteiger partial charge >= 0.3 is 6.16 Å². The van der Waals surface area contributed by atoms with Crippen LogP contribution >= 0.6 is 11.6 Å². The summed E-state index contributed by atoms with van der Waals surface area (Å²) in [4.78, 5) is 30.4. The molecule has 1 N–H and O–H groups in total. The van der Waals surface area contributed by atoms with Crippen molar-refractivity contribution in [2.45, 2.75) is 46.4 Å². The molecule has 0 fully saturated rings.